The number of aryl methyl sites for hydroxylation is 1. The van der Waals surface area contributed by atoms with Gasteiger partial charge >= 0.3 is 5.97 Å². The van der Waals surface area contributed by atoms with Crippen LogP contribution in [0.3, 0.4) is 0 Å². The SMILES string of the molecule is CCOC(=O)/C=C/c1c(-c2c[nH]nc2-c2cccc(C)n2)ccc2ncnn12. The molecule has 8 nitrogen and oxygen atoms in total. The van der Waals surface area contributed by atoms with Crippen LogP contribution in [0.25, 0.3) is 34.2 Å². The first-order valence-electron chi connectivity index (χ1n) is 8.83. The minimum Gasteiger partial charge on any atom is -0.463 e. The molecule has 0 atom stereocenters. The predicted octanol–water partition coefficient (Wildman–Crippen LogP) is 3.07. The van der Waals surface area contributed by atoms with Crippen molar-refractivity contribution in [1.82, 2.24) is 29.8 Å². The van der Waals surface area contributed by atoms with Crippen LogP contribution < -0.4 is 0 Å². The zero-order valence-corrected chi connectivity index (χ0v) is 15.5. The first-order valence-corrected chi connectivity index (χ1v) is 8.83. The highest BCUT2D eigenvalue weighted by molar-refractivity contribution is 5.90. The lowest BCUT2D eigenvalue weighted by Gasteiger charge is -2.09. The highest BCUT2D eigenvalue weighted by Crippen LogP contribution is 2.32. The Hall–Kier alpha value is -3.81. The number of H-pyrrole nitrogens is 1. The van der Waals surface area contributed by atoms with Crippen LogP contribution in [-0.4, -0.2) is 42.4 Å². The minimum absolute atomic E-state index is 0.314. The van der Waals surface area contributed by atoms with Crippen molar-refractivity contribution in [3.8, 4) is 22.5 Å². The van der Waals surface area contributed by atoms with Gasteiger partial charge in [-0.15, -0.1) is 0 Å². The second kappa shape index (κ2) is 7.43. The minimum atomic E-state index is -0.418. The van der Waals surface area contributed by atoms with Crippen LogP contribution in [0, 0.1) is 6.92 Å². The Morgan fingerprint density at radius 3 is 2.96 bits per heavy atom. The number of pyridine rings is 2. The van der Waals surface area contributed by atoms with Crippen molar-refractivity contribution in [1.29, 1.82) is 0 Å². The largest absolute Gasteiger partial charge is 0.463 e. The zero-order valence-electron chi connectivity index (χ0n) is 15.5. The standard InChI is InChI=1S/C20H18N6O2/c1-3-28-19(27)10-8-17-14(7-9-18-21-12-23-26(17)18)15-11-22-25-20(15)16-6-4-5-13(2)24-16/h4-12H,3H2,1-2H3,(H,22,25)/b10-8+. The van der Waals surface area contributed by atoms with Crippen LogP contribution in [0.15, 0.2) is 48.9 Å². The highest BCUT2D eigenvalue weighted by atomic mass is 16.5. The fourth-order valence-electron chi connectivity index (χ4n) is 3.00. The number of ether oxygens (including phenoxy) is 1. The summed E-state index contributed by atoms with van der Waals surface area (Å²) in [7, 11) is 0. The average molecular weight is 374 g/mol. The van der Waals surface area contributed by atoms with Gasteiger partial charge in [-0.3, -0.25) is 10.1 Å². The Balaban J connectivity index is 1.87. The van der Waals surface area contributed by atoms with E-state index in [9.17, 15) is 4.79 Å². The molecule has 0 radical (unpaired) electrons. The monoisotopic (exact) mass is 374 g/mol. The van der Waals surface area contributed by atoms with Crippen LogP contribution in [0.1, 0.15) is 18.3 Å². The fourth-order valence-corrected chi connectivity index (χ4v) is 3.00. The summed E-state index contributed by atoms with van der Waals surface area (Å²) in [6, 6.07) is 9.58. The van der Waals surface area contributed by atoms with Crippen LogP contribution >= 0.6 is 0 Å². The Bertz CT molecular complexity index is 1170. The molecule has 0 amide bonds. The van der Waals surface area contributed by atoms with E-state index in [0.717, 1.165) is 22.5 Å². The number of aromatic nitrogens is 6. The van der Waals surface area contributed by atoms with Crippen molar-refractivity contribution in [2.75, 3.05) is 6.61 Å². The number of nitrogens with one attached hydrogen (secondary N) is 1. The molecule has 28 heavy (non-hydrogen) atoms. The summed E-state index contributed by atoms with van der Waals surface area (Å²) in [5.41, 5.74) is 5.43. The lowest BCUT2D eigenvalue weighted by atomic mass is 10.0. The molecule has 0 aliphatic heterocycles. The molecular weight excluding hydrogens is 356 g/mol. The lowest BCUT2D eigenvalue weighted by molar-refractivity contribution is -0.137. The second-order valence-corrected chi connectivity index (χ2v) is 6.06. The summed E-state index contributed by atoms with van der Waals surface area (Å²) in [5.74, 6) is -0.418. The third-order valence-electron chi connectivity index (χ3n) is 4.20. The van der Waals surface area contributed by atoms with E-state index < -0.39 is 5.97 Å². The third-order valence-corrected chi connectivity index (χ3v) is 4.20. The Kier molecular flexibility index (Phi) is 4.67. The van der Waals surface area contributed by atoms with Crippen molar-refractivity contribution < 1.29 is 9.53 Å². The summed E-state index contributed by atoms with van der Waals surface area (Å²) in [6.07, 6.45) is 6.34. The van der Waals surface area contributed by atoms with Crippen LogP contribution in [-0.2, 0) is 9.53 Å². The maximum atomic E-state index is 11.8. The van der Waals surface area contributed by atoms with E-state index in [-0.39, 0.29) is 0 Å². The van der Waals surface area contributed by atoms with E-state index in [1.54, 1.807) is 23.7 Å². The van der Waals surface area contributed by atoms with E-state index in [1.165, 1.54) is 12.4 Å². The van der Waals surface area contributed by atoms with E-state index in [4.69, 9.17) is 4.74 Å². The number of esters is 1. The summed E-state index contributed by atoms with van der Waals surface area (Å²) >= 11 is 0. The first-order chi connectivity index (χ1) is 13.7. The topological polar surface area (TPSA) is 98.1 Å². The van der Waals surface area contributed by atoms with Gasteiger partial charge in [0.15, 0.2) is 5.65 Å². The average Bonchev–Trinajstić information content (AvgIpc) is 3.35. The number of hydrogen-bond donors (Lipinski definition) is 1. The molecule has 4 rings (SSSR count). The number of rotatable bonds is 5. The Morgan fingerprint density at radius 1 is 1.25 bits per heavy atom. The molecular formula is C20H18N6O2. The van der Waals surface area contributed by atoms with Gasteiger partial charge in [0.1, 0.15) is 12.0 Å². The predicted molar refractivity (Wildman–Crippen MR) is 104 cm³/mol. The normalized spacial score (nSPS) is 11.4. The van der Waals surface area contributed by atoms with Crippen molar-refractivity contribution >= 4 is 17.7 Å². The van der Waals surface area contributed by atoms with Crippen LogP contribution in [0.5, 0.6) is 0 Å². The molecule has 140 valence electrons. The van der Waals surface area contributed by atoms with Gasteiger partial charge in [0.05, 0.1) is 18.0 Å². The molecule has 1 N–H and O–H groups in total. The third kappa shape index (κ3) is 3.27. The Labute approximate surface area is 160 Å². The molecule has 8 heteroatoms. The van der Waals surface area contributed by atoms with Gasteiger partial charge < -0.3 is 4.74 Å². The molecule has 0 aliphatic carbocycles. The molecule has 0 unspecified atom stereocenters. The molecule has 0 spiro atoms. The molecule has 0 aromatic carbocycles. The first kappa shape index (κ1) is 17.6. The summed E-state index contributed by atoms with van der Waals surface area (Å²) < 4.78 is 6.67. The van der Waals surface area contributed by atoms with Gasteiger partial charge in [0.2, 0.25) is 0 Å². The highest BCUT2D eigenvalue weighted by Gasteiger charge is 2.17. The van der Waals surface area contributed by atoms with E-state index in [2.05, 4.69) is 25.3 Å². The van der Waals surface area contributed by atoms with Gasteiger partial charge in [-0.2, -0.15) is 10.2 Å². The fraction of sp³-hybridized carbons (Fsp3) is 0.150. The van der Waals surface area contributed by atoms with E-state index in [0.29, 0.717) is 23.6 Å². The van der Waals surface area contributed by atoms with E-state index in [1.807, 2.05) is 37.3 Å². The van der Waals surface area contributed by atoms with Crippen LogP contribution in [0.2, 0.25) is 0 Å². The molecule has 0 bridgehead atoms. The number of carbonyl (C=O) groups excluding carboxylic acids is 1. The van der Waals surface area contributed by atoms with Gasteiger partial charge in [0, 0.05) is 29.1 Å². The zero-order chi connectivity index (χ0) is 19.5. The van der Waals surface area contributed by atoms with Gasteiger partial charge in [-0.05, 0) is 44.2 Å². The van der Waals surface area contributed by atoms with Crippen LogP contribution in [0.4, 0.5) is 0 Å². The van der Waals surface area contributed by atoms with Crippen molar-refractivity contribution in [2.45, 2.75) is 13.8 Å². The number of fused-ring (bicyclic) bond motifs is 1. The number of aromatic amines is 1. The van der Waals surface area contributed by atoms with Crippen molar-refractivity contribution in [2.24, 2.45) is 0 Å². The van der Waals surface area contributed by atoms with Gasteiger partial charge in [-0.25, -0.2) is 14.3 Å². The van der Waals surface area contributed by atoms with E-state index >= 15 is 0 Å². The number of hydrogen-bond acceptors (Lipinski definition) is 6. The second-order valence-electron chi connectivity index (χ2n) is 6.06. The molecule has 4 aromatic heterocycles. The number of carbonyl (C=O) groups is 1. The molecule has 0 aliphatic rings. The molecule has 4 aromatic rings. The van der Waals surface area contributed by atoms with Gasteiger partial charge in [0.25, 0.3) is 0 Å². The number of nitrogens with zero attached hydrogens (tertiary/aromatic N) is 5. The molecule has 0 saturated carbocycles. The smallest absolute Gasteiger partial charge is 0.330 e. The molecule has 4 heterocycles. The Morgan fingerprint density at radius 2 is 2.14 bits per heavy atom. The summed E-state index contributed by atoms with van der Waals surface area (Å²) in [5, 5.41) is 11.6. The molecule has 0 fully saturated rings. The van der Waals surface area contributed by atoms with Crippen molar-refractivity contribution in [3.05, 3.63) is 60.3 Å². The summed E-state index contributed by atoms with van der Waals surface area (Å²) in [4.78, 5) is 20.6. The van der Waals surface area contributed by atoms with Gasteiger partial charge in [-0.1, -0.05) is 6.07 Å². The quantitative estimate of drug-likeness (QED) is 0.426. The maximum absolute atomic E-state index is 11.8. The maximum Gasteiger partial charge on any atom is 0.330 e. The lowest BCUT2D eigenvalue weighted by Crippen LogP contribution is -2.01. The summed E-state index contributed by atoms with van der Waals surface area (Å²) in [6.45, 7) is 4.02. The molecule has 0 saturated heterocycles. The van der Waals surface area contributed by atoms with Crippen molar-refractivity contribution in [3.63, 3.8) is 0 Å².